The van der Waals surface area contributed by atoms with Crippen LogP contribution in [0.2, 0.25) is 0 Å². The number of para-hydroxylation sites is 1. The van der Waals surface area contributed by atoms with Gasteiger partial charge in [-0.25, -0.2) is 10.4 Å². The second kappa shape index (κ2) is 13.9. The summed E-state index contributed by atoms with van der Waals surface area (Å²) in [5.74, 6) is -0.235. The van der Waals surface area contributed by atoms with Gasteiger partial charge in [0.2, 0.25) is 5.88 Å². The topological polar surface area (TPSA) is 135 Å². The van der Waals surface area contributed by atoms with Crippen molar-refractivity contribution in [2.75, 3.05) is 25.6 Å². The Hall–Kier alpha value is -4.27. The fourth-order valence-corrected chi connectivity index (χ4v) is 3.66. The number of aryl methyl sites for hydroxylation is 2. The molecule has 10 nitrogen and oxygen atoms in total. The van der Waals surface area contributed by atoms with Crippen molar-refractivity contribution in [1.82, 2.24) is 10.4 Å². The van der Waals surface area contributed by atoms with E-state index in [4.69, 9.17) is 14.2 Å². The van der Waals surface area contributed by atoms with Crippen molar-refractivity contribution >= 4 is 39.6 Å². The number of carbonyl (C=O) groups is 2. The molecule has 0 fully saturated rings. The molecule has 0 saturated carbocycles. The molecular formula is C27H26BrN5O5. The van der Waals surface area contributed by atoms with Crippen molar-refractivity contribution in [3.8, 4) is 17.7 Å². The van der Waals surface area contributed by atoms with Crippen LogP contribution in [0.4, 0.5) is 5.69 Å². The highest BCUT2D eigenvalue weighted by Gasteiger charge is 2.18. The van der Waals surface area contributed by atoms with Gasteiger partial charge in [0.1, 0.15) is 17.4 Å². The van der Waals surface area contributed by atoms with Crippen molar-refractivity contribution in [3.63, 3.8) is 0 Å². The maximum Gasteiger partial charge on any atom is 0.278 e. The number of hydrazone groups is 1. The molecule has 0 aliphatic heterocycles. The highest BCUT2D eigenvalue weighted by molar-refractivity contribution is 9.10. The molecule has 0 radical (unpaired) electrons. The van der Waals surface area contributed by atoms with Crippen LogP contribution in [0.3, 0.4) is 0 Å². The third-order valence-electron chi connectivity index (χ3n) is 5.18. The Bertz CT molecular complexity index is 1370. The van der Waals surface area contributed by atoms with Crippen LogP contribution in [0, 0.1) is 25.2 Å². The average molecular weight is 580 g/mol. The molecule has 3 rings (SSSR count). The molecule has 0 bridgehead atoms. The number of ether oxygens (including phenoxy) is 3. The number of nitriles is 1. The SMILES string of the molecule is COCc1c(Br)c(C)nc(OCC(=O)N/N=C/c2ccc(OCC(=O)Nc3ccccc3C)cc2)c1C#N. The fraction of sp³-hybridized carbons (Fsp3) is 0.222. The normalized spacial score (nSPS) is 10.6. The number of methoxy groups -OCH3 is 1. The highest BCUT2D eigenvalue weighted by Crippen LogP contribution is 2.29. The second-order valence-electron chi connectivity index (χ2n) is 8.02. The molecule has 0 unspecified atom stereocenters. The molecule has 38 heavy (non-hydrogen) atoms. The molecule has 11 heteroatoms. The van der Waals surface area contributed by atoms with E-state index in [1.165, 1.54) is 13.3 Å². The van der Waals surface area contributed by atoms with Crippen molar-refractivity contribution < 1.29 is 23.8 Å². The Morgan fingerprint density at radius 3 is 2.47 bits per heavy atom. The van der Waals surface area contributed by atoms with Crippen molar-refractivity contribution in [2.24, 2.45) is 5.10 Å². The number of rotatable bonds is 11. The van der Waals surface area contributed by atoms with Crippen LogP contribution < -0.4 is 20.2 Å². The lowest BCUT2D eigenvalue weighted by Gasteiger charge is -2.13. The summed E-state index contributed by atoms with van der Waals surface area (Å²) >= 11 is 3.40. The summed E-state index contributed by atoms with van der Waals surface area (Å²) in [6.45, 7) is 3.33. The Morgan fingerprint density at radius 1 is 1.08 bits per heavy atom. The zero-order valence-electron chi connectivity index (χ0n) is 21.1. The highest BCUT2D eigenvalue weighted by atomic mass is 79.9. The standard InChI is InChI=1S/C27H26BrN5O5/c1-17-6-4-5-7-23(17)32-24(34)15-37-20-10-8-19(9-11-20)13-30-33-25(35)16-38-27-21(12-29)22(14-36-3)26(28)18(2)31-27/h4-11,13H,14-16H2,1-3H3,(H,32,34)(H,33,35)/b30-13+. The lowest BCUT2D eigenvalue weighted by Crippen LogP contribution is -2.25. The van der Waals surface area contributed by atoms with Crippen LogP contribution in [0.1, 0.15) is 27.9 Å². The summed E-state index contributed by atoms with van der Waals surface area (Å²) in [5, 5.41) is 16.2. The van der Waals surface area contributed by atoms with E-state index >= 15 is 0 Å². The van der Waals surface area contributed by atoms with E-state index in [9.17, 15) is 14.9 Å². The fourth-order valence-electron chi connectivity index (χ4n) is 3.26. The van der Waals surface area contributed by atoms with Gasteiger partial charge >= 0.3 is 0 Å². The number of pyridine rings is 1. The Labute approximate surface area is 228 Å². The van der Waals surface area contributed by atoms with E-state index in [1.54, 1.807) is 31.2 Å². The number of benzene rings is 2. The van der Waals surface area contributed by atoms with Crippen molar-refractivity contribution in [2.45, 2.75) is 20.5 Å². The minimum absolute atomic E-state index is 0.0440. The maximum absolute atomic E-state index is 12.2. The molecule has 2 N–H and O–H groups in total. The van der Waals surface area contributed by atoms with Crippen LogP contribution in [0.15, 0.2) is 58.1 Å². The number of hydrogen-bond donors (Lipinski definition) is 2. The van der Waals surface area contributed by atoms with E-state index in [2.05, 4.69) is 36.8 Å². The average Bonchev–Trinajstić information content (AvgIpc) is 2.91. The molecule has 1 aromatic heterocycles. The zero-order valence-corrected chi connectivity index (χ0v) is 22.7. The lowest BCUT2D eigenvalue weighted by atomic mass is 10.1. The van der Waals surface area contributed by atoms with Crippen LogP contribution in [0.25, 0.3) is 0 Å². The number of carbonyl (C=O) groups excluding carboxylic acids is 2. The number of nitrogens with zero attached hydrogens (tertiary/aromatic N) is 3. The van der Waals surface area contributed by atoms with Crippen LogP contribution in [-0.4, -0.2) is 43.3 Å². The van der Waals surface area contributed by atoms with Crippen LogP contribution in [-0.2, 0) is 20.9 Å². The van der Waals surface area contributed by atoms with Crippen molar-refractivity contribution in [1.29, 1.82) is 5.26 Å². The lowest BCUT2D eigenvalue weighted by molar-refractivity contribution is -0.123. The van der Waals surface area contributed by atoms with Gasteiger partial charge in [-0.2, -0.15) is 10.4 Å². The first kappa shape index (κ1) is 28.3. The number of anilines is 1. The van der Waals surface area contributed by atoms with Gasteiger partial charge in [0.25, 0.3) is 11.8 Å². The summed E-state index contributed by atoms with van der Waals surface area (Å²) in [7, 11) is 1.52. The van der Waals surface area contributed by atoms with E-state index in [-0.39, 0.29) is 37.2 Å². The summed E-state index contributed by atoms with van der Waals surface area (Å²) in [4.78, 5) is 28.5. The van der Waals surface area contributed by atoms with Crippen molar-refractivity contribution in [3.05, 3.63) is 81.0 Å². The summed E-state index contributed by atoms with van der Waals surface area (Å²) < 4.78 is 16.8. The van der Waals surface area contributed by atoms with Gasteiger partial charge in [-0.15, -0.1) is 0 Å². The molecule has 0 aliphatic rings. The maximum atomic E-state index is 12.2. The molecule has 2 amide bonds. The number of nitrogens with one attached hydrogen (secondary N) is 2. The van der Waals surface area contributed by atoms with Gasteiger partial charge in [-0.1, -0.05) is 18.2 Å². The largest absolute Gasteiger partial charge is 0.484 e. The minimum atomic E-state index is -0.527. The van der Waals surface area contributed by atoms with Gasteiger partial charge in [-0.3, -0.25) is 9.59 Å². The molecule has 0 aliphatic carbocycles. The monoisotopic (exact) mass is 579 g/mol. The van der Waals surface area contributed by atoms with Gasteiger partial charge < -0.3 is 19.5 Å². The van der Waals surface area contributed by atoms with Crippen LogP contribution >= 0.6 is 15.9 Å². The number of aromatic nitrogens is 1. The summed E-state index contributed by atoms with van der Waals surface area (Å²) in [6, 6.07) is 16.4. The minimum Gasteiger partial charge on any atom is -0.484 e. The number of hydrogen-bond acceptors (Lipinski definition) is 8. The van der Waals surface area contributed by atoms with Crippen LogP contribution in [0.5, 0.6) is 11.6 Å². The quantitative estimate of drug-likeness (QED) is 0.258. The van der Waals surface area contributed by atoms with E-state index in [0.717, 1.165) is 11.3 Å². The van der Waals surface area contributed by atoms with E-state index in [0.29, 0.717) is 27.0 Å². The number of amides is 2. The first-order chi connectivity index (χ1) is 18.3. The third-order valence-corrected chi connectivity index (χ3v) is 6.23. The molecule has 2 aromatic carbocycles. The van der Waals surface area contributed by atoms with Gasteiger partial charge in [-0.05, 0) is 71.2 Å². The van der Waals surface area contributed by atoms with E-state index in [1.807, 2.05) is 37.3 Å². The zero-order chi connectivity index (χ0) is 27.5. The molecule has 196 valence electrons. The number of halogens is 1. The third kappa shape index (κ3) is 7.86. The van der Waals surface area contributed by atoms with Gasteiger partial charge in [0.15, 0.2) is 13.2 Å². The molecule has 0 saturated heterocycles. The van der Waals surface area contributed by atoms with Gasteiger partial charge in [0.05, 0.1) is 18.5 Å². The summed E-state index contributed by atoms with van der Waals surface area (Å²) in [6.07, 6.45) is 1.45. The molecule has 0 atom stereocenters. The second-order valence-corrected chi connectivity index (χ2v) is 8.81. The predicted molar refractivity (Wildman–Crippen MR) is 145 cm³/mol. The predicted octanol–water partition coefficient (Wildman–Crippen LogP) is 4.03. The molecular weight excluding hydrogens is 554 g/mol. The molecule has 1 heterocycles. The first-order valence-electron chi connectivity index (χ1n) is 11.4. The Morgan fingerprint density at radius 2 is 1.79 bits per heavy atom. The first-order valence-corrected chi connectivity index (χ1v) is 12.2. The molecule has 3 aromatic rings. The van der Waals surface area contributed by atoms with Gasteiger partial charge in [0, 0.05) is 22.8 Å². The summed E-state index contributed by atoms with van der Waals surface area (Å²) in [5.41, 5.74) is 6.15. The Kier molecular flexibility index (Phi) is 10.3. The smallest absolute Gasteiger partial charge is 0.278 e. The Balaban J connectivity index is 1.47. The van der Waals surface area contributed by atoms with E-state index < -0.39 is 5.91 Å². The molecule has 0 spiro atoms.